The molecule has 1 heterocycles. The van der Waals surface area contributed by atoms with Crippen LogP contribution in [0.25, 0.3) is 0 Å². The fraction of sp³-hybridized carbons (Fsp3) is 0.0588. The molecule has 0 saturated carbocycles. The van der Waals surface area contributed by atoms with Gasteiger partial charge in [-0.3, -0.25) is 9.52 Å². The average Bonchev–Trinajstić information content (AvgIpc) is 3.02. The molecule has 26 heavy (non-hydrogen) atoms. The van der Waals surface area contributed by atoms with Crippen LogP contribution in [0.1, 0.15) is 16.1 Å². The van der Waals surface area contributed by atoms with Crippen LogP contribution in [0.15, 0.2) is 68.6 Å². The molecule has 3 aromatic rings. The summed E-state index contributed by atoms with van der Waals surface area (Å²) in [7, 11) is -3.70. The van der Waals surface area contributed by atoms with Crippen LogP contribution in [0.4, 0.5) is 11.4 Å². The van der Waals surface area contributed by atoms with Gasteiger partial charge in [-0.1, -0.05) is 27.2 Å². The van der Waals surface area contributed by atoms with Crippen LogP contribution in [-0.4, -0.2) is 19.5 Å². The quantitative estimate of drug-likeness (QED) is 0.634. The van der Waals surface area contributed by atoms with Crippen molar-refractivity contribution in [3.63, 3.8) is 0 Å². The zero-order valence-electron chi connectivity index (χ0n) is 13.6. The first-order valence-electron chi connectivity index (χ1n) is 7.46. The zero-order valence-corrected chi connectivity index (χ0v) is 16.0. The van der Waals surface area contributed by atoms with Gasteiger partial charge in [0.25, 0.3) is 15.9 Å². The van der Waals surface area contributed by atoms with Gasteiger partial charge in [-0.05, 0) is 49.4 Å². The maximum atomic E-state index is 12.4. The van der Waals surface area contributed by atoms with Crippen molar-refractivity contribution in [2.75, 3.05) is 10.0 Å². The van der Waals surface area contributed by atoms with Gasteiger partial charge in [0.15, 0.2) is 0 Å². The molecule has 0 saturated heterocycles. The summed E-state index contributed by atoms with van der Waals surface area (Å²) in [6.07, 6.45) is 1.34. The van der Waals surface area contributed by atoms with E-state index in [2.05, 4.69) is 31.1 Å². The monoisotopic (exact) mass is 435 g/mol. The van der Waals surface area contributed by atoms with Gasteiger partial charge in [-0.15, -0.1) is 0 Å². The first-order valence-corrected chi connectivity index (χ1v) is 9.74. The molecule has 0 aliphatic heterocycles. The highest BCUT2D eigenvalue weighted by Gasteiger charge is 2.15. The lowest BCUT2D eigenvalue weighted by Crippen LogP contribution is -2.14. The van der Waals surface area contributed by atoms with Crippen LogP contribution >= 0.6 is 15.9 Å². The Hall–Kier alpha value is -2.65. The van der Waals surface area contributed by atoms with Gasteiger partial charge in [0.1, 0.15) is 11.3 Å². The number of amides is 1. The minimum absolute atomic E-state index is 0.146. The fourth-order valence-corrected chi connectivity index (χ4v) is 3.84. The second-order valence-corrected chi connectivity index (χ2v) is 7.99. The molecule has 0 atom stereocenters. The van der Waals surface area contributed by atoms with E-state index in [0.29, 0.717) is 27.2 Å². The van der Waals surface area contributed by atoms with Crippen molar-refractivity contribution in [3.8, 4) is 0 Å². The van der Waals surface area contributed by atoms with E-state index < -0.39 is 10.0 Å². The molecule has 0 bridgehead atoms. The average molecular weight is 436 g/mol. The predicted octanol–water partition coefficient (Wildman–Crippen LogP) is 3.80. The van der Waals surface area contributed by atoms with Crippen LogP contribution in [0.5, 0.6) is 0 Å². The normalized spacial score (nSPS) is 11.2. The number of halogens is 1. The van der Waals surface area contributed by atoms with Gasteiger partial charge in [0.05, 0.1) is 11.1 Å². The zero-order chi connectivity index (χ0) is 18.7. The van der Waals surface area contributed by atoms with Crippen LogP contribution in [0, 0.1) is 6.92 Å². The number of aryl methyl sites for hydroxylation is 1. The summed E-state index contributed by atoms with van der Waals surface area (Å²) in [5.74, 6) is 0.0621. The van der Waals surface area contributed by atoms with Crippen LogP contribution in [0.3, 0.4) is 0 Å². The molecule has 0 fully saturated rings. The molecule has 7 nitrogen and oxygen atoms in total. The molecule has 2 N–H and O–H groups in total. The number of benzene rings is 2. The Morgan fingerprint density at radius 2 is 1.81 bits per heavy atom. The summed E-state index contributed by atoms with van der Waals surface area (Å²) in [6.45, 7) is 1.64. The number of nitrogens with one attached hydrogen (secondary N) is 2. The topological polar surface area (TPSA) is 101 Å². The van der Waals surface area contributed by atoms with E-state index in [1.165, 1.54) is 18.3 Å². The Balaban J connectivity index is 1.72. The van der Waals surface area contributed by atoms with E-state index in [4.69, 9.17) is 4.52 Å². The first-order chi connectivity index (χ1) is 12.3. The number of anilines is 2. The summed E-state index contributed by atoms with van der Waals surface area (Å²) in [5.41, 5.74) is 1.23. The molecule has 0 aliphatic carbocycles. The highest BCUT2D eigenvalue weighted by atomic mass is 79.9. The van der Waals surface area contributed by atoms with Crippen LogP contribution < -0.4 is 10.0 Å². The van der Waals surface area contributed by atoms with Crippen molar-refractivity contribution in [3.05, 3.63) is 70.5 Å². The number of rotatable bonds is 5. The summed E-state index contributed by atoms with van der Waals surface area (Å²) in [4.78, 5) is 12.2. The van der Waals surface area contributed by atoms with Gasteiger partial charge in [-0.2, -0.15) is 0 Å². The van der Waals surface area contributed by atoms with Crippen molar-refractivity contribution >= 4 is 43.2 Å². The number of hydrogen-bond donors (Lipinski definition) is 2. The Morgan fingerprint density at radius 1 is 1.12 bits per heavy atom. The van der Waals surface area contributed by atoms with E-state index in [1.807, 2.05) is 0 Å². The van der Waals surface area contributed by atoms with Gasteiger partial charge in [0, 0.05) is 15.8 Å². The standard InChI is InChI=1S/C17H14BrN3O4S/c1-11-16(10-19-25-11)17(22)20-13-5-7-14(8-6-13)21-26(23,24)15-4-2-3-12(18)9-15/h2-10,21H,1H3,(H,20,22). The molecule has 3 rings (SSSR count). The second kappa shape index (κ2) is 7.30. The van der Waals surface area contributed by atoms with E-state index in [-0.39, 0.29) is 10.8 Å². The minimum Gasteiger partial charge on any atom is -0.361 e. The lowest BCUT2D eigenvalue weighted by molar-refractivity contribution is 0.102. The van der Waals surface area contributed by atoms with E-state index in [9.17, 15) is 13.2 Å². The summed E-state index contributed by atoms with van der Waals surface area (Å²) in [6, 6.07) is 12.7. The molecular weight excluding hydrogens is 422 g/mol. The largest absolute Gasteiger partial charge is 0.361 e. The van der Waals surface area contributed by atoms with Crippen LogP contribution in [0.2, 0.25) is 0 Å². The molecule has 1 aromatic heterocycles. The summed E-state index contributed by atoms with van der Waals surface area (Å²) >= 11 is 3.25. The third-order valence-corrected chi connectivity index (χ3v) is 5.37. The molecule has 0 aliphatic rings. The van der Waals surface area contributed by atoms with E-state index >= 15 is 0 Å². The third kappa shape index (κ3) is 4.12. The smallest absolute Gasteiger partial charge is 0.261 e. The molecule has 0 radical (unpaired) electrons. The molecule has 0 unspecified atom stereocenters. The Kier molecular flexibility index (Phi) is 5.10. The maximum absolute atomic E-state index is 12.4. The SMILES string of the molecule is Cc1oncc1C(=O)Nc1ccc(NS(=O)(=O)c2cccc(Br)c2)cc1. The highest BCUT2D eigenvalue weighted by Crippen LogP contribution is 2.21. The van der Waals surface area contributed by atoms with Gasteiger partial charge in [-0.25, -0.2) is 8.42 Å². The molecule has 9 heteroatoms. The number of nitrogens with zero attached hydrogens (tertiary/aromatic N) is 1. The molecule has 0 spiro atoms. The number of carbonyl (C=O) groups is 1. The van der Waals surface area contributed by atoms with Gasteiger partial charge >= 0.3 is 0 Å². The Morgan fingerprint density at radius 3 is 2.42 bits per heavy atom. The summed E-state index contributed by atoms with van der Waals surface area (Å²) in [5, 5.41) is 6.25. The van der Waals surface area contributed by atoms with Crippen molar-refractivity contribution in [1.29, 1.82) is 0 Å². The Bertz CT molecular complexity index is 1050. The van der Waals surface area contributed by atoms with Crippen molar-refractivity contribution in [1.82, 2.24) is 5.16 Å². The predicted molar refractivity (Wildman–Crippen MR) is 101 cm³/mol. The second-order valence-electron chi connectivity index (χ2n) is 5.39. The number of aromatic nitrogens is 1. The minimum atomic E-state index is -3.70. The highest BCUT2D eigenvalue weighted by molar-refractivity contribution is 9.10. The van der Waals surface area contributed by atoms with E-state index in [1.54, 1.807) is 43.3 Å². The molecule has 1 amide bonds. The number of hydrogen-bond acceptors (Lipinski definition) is 5. The van der Waals surface area contributed by atoms with Gasteiger partial charge in [0.2, 0.25) is 0 Å². The van der Waals surface area contributed by atoms with Crippen molar-refractivity contribution < 1.29 is 17.7 Å². The molecule has 2 aromatic carbocycles. The number of sulfonamides is 1. The third-order valence-electron chi connectivity index (χ3n) is 3.50. The molecule has 134 valence electrons. The maximum Gasteiger partial charge on any atom is 0.261 e. The number of carbonyl (C=O) groups excluding carboxylic acids is 1. The van der Waals surface area contributed by atoms with Crippen LogP contribution in [-0.2, 0) is 10.0 Å². The van der Waals surface area contributed by atoms with E-state index in [0.717, 1.165) is 0 Å². The molecular formula is C17H14BrN3O4S. The fourth-order valence-electron chi connectivity index (χ4n) is 2.18. The van der Waals surface area contributed by atoms with Crippen molar-refractivity contribution in [2.45, 2.75) is 11.8 Å². The summed E-state index contributed by atoms with van der Waals surface area (Å²) < 4.78 is 32.8. The lowest BCUT2D eigenvalue weighted by atomic mass is 10.2. The lowest BCUT2D eigenvalue weighted by Gasteiger charge is -2.10. The Labute approximate surface area is 158 Å². The van der Waals surface area contributed by atoms with Crippen molar-refractivity contribution in [2.24, 2.45) is 0 Å². The van der Waals surface area contributed by atoms with Gasteiger partial charge < -0.3 is 9.84 Å². The first kappa shape index (κ1) is 18.2.